The Balaban J connectivity index is 2.14. The van der Waals surface area contributed by atoms with Crippen molar-refractivity contribution in [3.05, 3.63) is 18.2 Å². The van der Waals surface area contributed by atoms with Crippen molar-refractivity contribution in [2.24, 2.45) is 0 Å². The second kappa shape index (κ2) is 6.00. The third kappa shape index (κ3) is 2.90. The topological polar surface area (TPSA) is 50.4 Å². The van der Waals surface area contributed by atoms with Gasteiger partial charge in [-0.3, -0.25) is 4.79 Å². The Morgan fingerprint density at radius 1 is 1.39 bits per heavy atom. The van der Waals surface area contributed by atoms with Crippen LogP contribution in [-0.4, -0.2) is 30.6 Å². The molecule has 1 heterocycles. The molecular weight excluding hydrogens is 248 g/mol. The summed E-state index contributed by atoms with van der Waals surface area (Å²) in [4.78, 5) is 11.8. The van der Waals surface area contributed by atoms with E-state index in [0.29, 0.717) is 6.61 Å². The van der Waals surface area contributed by atoms with Crippen LogP contribution in [-0.2, 0) is 4.79 Å². The van der Waals surface area contributed by atoms with Crippen LogP contribution >= 0.6 is 11.8 Å². The molecule has 0 saturated carbocycles. The fourth-order valence-corrected chi connectivity index (χ4v) is 2.39. The number of carbonyl (C=O) groups is 1. The maximum absolute atomic E-state index is 11.8. The van der Waals surface area contributed by atoms with Crippen LogP contribution in [0.5, 0.6) is 5.75 Å². The molecule has 0 saturated heterocycles. The van der Waals surface area contributed by atoms with E-state index in [1.807, 2.05) is 24.5 Å². The minimum atomic E-state index is -0.172. The second-order valence-corrected chi connectivity index (χ2v) is 5.11. The SMILES string of the molecule is CCCOc1ccc2c(c1)N[C@@H](CSC)C(=O)N2. The zero-order valence-electron chi connectivity index (χ0n) is 10.7. The number of hydrogen-bond donors (Lipinski definition) is 2. The zero-order valence-corrected chi connectivity index (χ0v) is 11.5. The number of benzene rings is 1. The third-order valence-corrected chi connectivity index (χ3v) is 3.37. The Labute approximate surface area is 111 Å². The number of ether oxygens (including phenoxy) is 1. The number of carbonyl (C=O) groups excluding carboxylic acids is 1. The van der Waals surface area contributed by atoms with E-state index >= 15 is 0 Å². The Kier molecular flexibility index (Phi) is 4.36. The van der Waals surface area contributed by atoms with Gasteiger partial charge in [-0.1, -0.05) is 6.92 Å². The molecule has 1 aromatic carbocycles. The van der Waals surface area contributed by atoms with Crippen molar-refractivity contribution in [2.45, 2.75) is 19.4 Å². The van der Waals surface area contributed by atoms with Crippen LogP contribution in [0.15, 0.2) is 18.2 Å². The summed E-state index contributed by atoms with van der Waals surface area (Å²) in [5, 5.41) is 6.16. The highest BCUT2D eigenvalue weighted by Gasteiger charge is 2.24. The molecule has 0 fully saturated rings. The molecule has 0 aliphatic carbocycles. The van der Waals surface area contributed by atoms with Crippen LogP contribution in [0.2, 0.25) is 0 Å². The smallest absolute Gasteiger partial charge is 0.247 e. The lowest BCUT2D eigenvalue weighted by Crippen LogP contribution is -2.40. The summed E-state index contributed by atoms with van der Waals surface area (Å²) in [6.07, 6.45) is 2.97. The standard InChI is InChI=1S/C13H18N2O2S/c1-3-6-17-9-4-5-10-11(7-9)14-12(8-18-2)13(16)15-10/h4-5,7,12,14H,3,6,8H2,1-2H3,(H,15,16)/t12-/m0/s1. The van der Waals surface area contributed by atoms with Crippen molar-refractivity contribution < 1.29 is 9.53 Å². The number of rotatable bonds is 5. The molecule has 4 nitrogen and oxygen atoms in total. The number of fused-ring (bicyclic) bond motifs is 1. The van der Waals surface area contributed by atoms with Gasteiger partial charge in [-0.25, -0.2) is 0 Å². The molecule has 98 valence electrons. The zero-order chi connectivity index (χ0) is 13.0. The fourth-order valence-electron chi connectivity index (χ4n) is 1.82. The number of anilines is 2. The van der Waals surface area contributed by atoms with Gasteiger partial charge in [0.2, 0.25) is 5.91 Å². The lowest BCUT2D eigenvalue weighted by Gasteiger charge is -2.26. The van der Waals surface area contributed by atoms with E-state index in [0.717, 1.165) is 29.3 Å². The predicted octanol–water partition coefficient (Wildman–Crippen LogP) is 2.57. The Bertz CT molecular complexity index is 437. The summed E-state index contributed by atoms with van der Waals surface area (Å²) >= 11 is 1.65. The molecule has 18 heavy (non-hydrogen) atoms. The Hall–Kier alpha value is -1.36. The van der Waals surface area contributed by atoms with Gasteiger partial charge in [-0.15, -0.1) is 0 Å². The van der Waals surface area contributed by atoms with Gasteiger partial charge in [0.1, 0.15) is 11.8 Å². The third-order valence-electron chi connectivity index (χ3n) is 2.70. The lowest BCUT2D eigenvalue weighted by molar-refractivity contribution is -0.116. The van der Waals surface area contributed by atoms with Crippen LogP contribution in [0, 0.1) is 0 Å². The van der Waals surface area contributed by atoms with Crippen LogP contribution in [0.3, 0.4) is 0 Å². The number of thioether (sulfide) groups is 1. The summed E-state index contributed by atoms with van der Waals surface area (Å²) in [5.74, 6) is 1.62. The molecule has 5 heteroatoms. The molecule has 0 unspecified atom stereocenters. The van der Waals surface area contributed by atoms with Gasteiger partial charge in [0.05, 0.1) is 18.0 Å². The van der Waals surface area contributed by atoms with Gasteiger partial charge in [0.25, 0.3) is 0 Å². The maximum Gasteiger partial charge on any atom is 0.247 e. The van der Waals surface area contributed by atoms with E-state index in [1.54, 1.807) is 11.8 Å². The molecule has 0 spiro atoms. The number of amides is 1. The molecule has 0 radical (unpaired) electrons. The number of hydrogen-bond acceptors (Lipinski definition) is 4. The largest absolute Gasteiger partial charge is 0.494 e. The molecule has 1 amide bonds. The van der Waals surface area contributed by atoms with Crippen molar-refractivity contribution in [2.75, 3.05) is 29.2 Å². The van der Waals surface area contributed by atoms with Gasteiger partial charge in [0, 0.05) is 11.8 Å². The fraction of sp³-hybridized carbons (Fsp3) is 0.462. The molecule has 1 aliphatic rings. The second-order valence-electron chi connectivity index (χ2n) is 4.20. The van der Waals surface area contributed by atoms with Gasteiger partial charge in [-0.2, -0.15) is 11.8 Å². The minimum absolute atomic E-state index is 0.0269. The summed E-state index contributed by atoms with van der Waals surface area (Å²) in [6, 6.07) is 5.53. The normalized spacial score (nSPS) is 17.7. The van der Waals surface area contributed by atoms with Gasteiger partial charge in [-0.05, 0) is 24.8 Å². The van der Waals surface area contributed by atoms with E-state index in [2.05, 4.69) is 17.6 Å². The summed E-state index contributed by atoms with van der Waals surface area (Å²) in [7, 11) is 0. The van der Waals surface area contributed by atoms with E-state index < -0.39 is 0 Å². The van der Waals surface area contributed by atoms with Gasteiger partial charge in [0.15, 0.2) is 0 Å². The van der Waals surface area contributed by atoms with E-state index in [4.69, 9.17) is 4.74 Å². The molecular formula is C13H18N2O2S. The van der Waals surface area contributed by atoms with Crippen LogP contribution in [0.4, 0.5) is 11.4 Å². The summed E-state index contributed by atoms with van der Waals surface area (Å²) in [5.41, 5.74) is 1.75. The van der Waals surface area contributed by atoms with Crippen LogP contribution in [0.1, 0.15) is 13.3 Å². The quantitative estimate of drug-likeness (QED) is 0.860. The van der Waals surface area contributed by atoms with Crippen molar-refractivity contribution >= 4 is 29.0 Å². The van der Waals surface area contributed by atoms with Gasteiger partial charge >= 0.3 is 0 Å². The average molecular weight is 266 g/mol. The molecule has 0 aromatic heterocycles. The molecule has 1 atom stereocenters. The molecule has 1 aromatic rings. The molecule has 0 bridgehead atoms. The first-order chi connectivity index (χ1) is 8.74. The predicted molar refractivity (Wildman–Crippen MR) is 76.7 cm³/mol. The molecule has 2 N–H and O–H groups in total. The first kappa shape index (κ1) is 13.1. The van der Waals surface area contributed by atoms with E-state index in [-0.39, 0.29) is 11.9 Å². The van der Waals surface area contributed by atoms with Crippen molar-refractivity contribution in [3.8, 4) is 5.75 Å². The van der Waals surface area contributed by atoms with E-state index in [1.165, 1.54) is 0 Å². The first-order valence-corrected chi connectivity index (χ1v) is 7.47. The maximum atomic E-state index is 11.8. The summed E-state index contributed by atoms with van der Waals surface area (Å²) < 4.78 is 5.59. The van der Waals surface area contributed by atoms with Crippen molar-refractivity contribution in [1.29, 1.82) is 0 Å². The van der Waals surface area contributed by atoms with Crippen LogP contribution in [0.25, 0.3) is 0 Å². The molecule has 2 rings (SSSR count). The van der Waals surface area contributed by atoms with Crippen LogP contribution < -0.4 is 15.4 Å². The highest BCUT2D eigenvalue weighted by molar-refractivity contribution is 7.98. The lowest BCUT2D eigenvalue weighted by atomic mass is 10.1. The Morgan fingerprint density at radius 3 is 2.94 bits per heavy atom. The van der Waals surface area contributed by atoms with E-state index in [9.17, 15) is 4.79 Å². The molecule has 1 aliphatic heterocycles. The number of nitrogens with one attached hydrogen (secondary N) is 2. The average Bonchev–Trinajstić information content (AvgIpc) is 2.37. The van der Waals surface area contributed by atoms with Crippen molar-refractivity contribution in [1.82, 2.24) is 0 Å². The summed E-state index contributed by atoms with van der Waals surface area (Å²) in [6.45, 7) is 2.78. The highest BCUT2D eigenvalue weighted by atomic mass is 32.2. The Morgan fingerprint density at radius 2 is 2.22 bits per heavy atom. The minimum Gasteiger partial charge on any atom is -0.494 e. The first-order valence-electron chi connectivity index (χ1n) is 6.07. The highest BCUT2D eigenvalue weighted by Crippen LogP contribution is 2.31. The monoisotopic (exact) mass is 266 g/mol. The van der Waals surface area contributed by atoms with Gasteiger partial charge < -0.3 is 15.4 Å². The van der Waals surface area contributed by atoms with Crippen molar-refractivity contribution in [3.63, 3.8) is 0 Å².